The van der Waals surface area contributed by atoms with Gasteiger partial charge in [-0.15, -0.1) is 0 Å². The van der Waals surface area contributed by atoms with Crippen molar-refractivity contribution in [3.8, 4) is 0 Å². The molecule has 1 saturated heterocycles. The summed E-state index contributed by atoms with van der Waals surface area (Å²) in [5, 5.41) is 4.82. The van der Waals surface area contributed by atoms with E-state index in [2.05, 4.69) is 29.2 Å². The third kappa shape index (κ3) is 3.78. The Labute approximate surface area is 153 Å². The van der Waals surface area contributed by atoms with Crippen LogP contribution in [0.1, 0.15) is 22.9 Å². The van der Waals surface area contributed by atoms with E-state index in [9.17, 15) is 4.79 Å². The molecule has 0 bridgehead atoms. The Kier molecular flexibility index (Phi) is 5.25. The third-order valence-electron chi connectivity index (χ3n) is 4.64. The van der Waals surface area contributed by atoms with Crippen LogP contribution in [-0.2, 0) is 11.8 Å². The number of amides is 1. The minimum Gasteiger partial charge on any atom is -0.330 e. The van der Waals surface area contributed by atoms with Crippen molar-refractivity contribution in [3.63, 3.8) is 0 Å². The highest BCUT2D eigenvalue weighted by atomic mass is 35.5. The number of likely N-dealkylation sites (N-methyl/N-ethyl adjacent to an activating group) is 1. The van der Waals surface area contributed by atoms with E-state index >= 15 is 0 Å². The molecule has 0 saturated carbocycles. The van der Waals surface area contributed by atoms with E-state index in [4.69, 9.17) is 11.6 Å². The molecule has 1 atom stereocenters. The lowest BCUT2D eigenvalue weighted by molar-refractivity contribution is -0.130. The van der Waals surface area contributed by atoms with Crippen LogP contribution in [-0.4, -0.2) is 52.2 Å². The summed E-state index contributed by atoms with van der Waals surface area (Å²) in [6, 6.07) is 10.2. The van der Waals surface area contributed by atoms with Gasteiger partial charge in [0.1, 0.15) is 5.15 Å². The SMILES string of the molecule is Cc1nn(C)c(Cl)c1/C=C/C(=O)N1CCN(C)CC1c1ccccc1. The van der Waals surface area contributed by atoms with Gasteiger partial charge in [0.05, 0.1) is 11.7 Å². The summed E-state index contributed by atoms with van der Waals surface area (Å²) in [4.78, 5) is 17.0. The largest absolute Gasteiger partial charge is 0.330 e. The van der Waals surface area contributed by atoms with Crippen molar-refractivity contribution in [1.29, 1.82) is 0 Å². The van der Waals surface area contributed by atoms with Gasteiger partial charge in [-0.05, 0) is 25.6 Å². The number of benzene rings is 1. The first-order valence-corrected chi connectivity index (χ1v) is 8.76. The number of aromatic nitrogens is 2. The summed E-state index contributed by atoms with van der Waals surface area (Å²) >= 11 is 6.24. The van der Waals surface area contributed by atoms with E-state index in [0.29, 0.717) is 11.7 Å². The van der Waals surface area contributed by atoms with E-state index in [1.54, 1.807) is 23.9 Å². The Morgan fingerprint density at radius 3 is 2.60 bits per heavy atom. The lowest BCUT2D eigenvalue weighted by Gasteiger charge is -2.39. The molecule has 1 aromatic carbocycles. The van der Waals surface area contributed by atoms with E-state index in [0.717, 1.165) is 29.9 Å². The molecule has 0 radical (unpaired) electrons. The van der Waals surface area contributed by atoms with Crippen molar-refractivity contribution in [3.05, 3.63) is 58.4 Å². The first kappa shape index (κ1) is 17.7. The standard InChI is InChI=1S/C19H23ClN4O/c1-14-16(19(20)23(3)21-14)9-10-18(25)24-12-11-22(2)13-17(24)15-7-5-4-6-8-15/h4-10,17H,11-13H2,1-3H3/b10-9+. The van der Waals surface area contributed by atoms with Gasteiger partial charge < -0.3 is 9.80 Å². The highest BCUT2D eigenvalue weighted by molar-refractivity contribution is 6.31. The van der Waals surface area contributed by atoms with Gasteiger partial charge in [0, 0.05) is 38.3 Å². The zero-order chi connectivity index (χ0) is 18.0. The molecular formula is C19H23ClN4O. The van der Waals surface area contributed by atoms with Crippen LogP contribution >= 0.6 is 11.6 Å². The molecule has 5 nitrogen and oxygen atoms in total. The maximum absolute atomic E-state index is 12.8. The van der Waals surface area contributed by atoms with Crippen molar-refractivity contribution in [2.45, 2.75) is 13.0 Å². The molecule has 2 aromatic rings. The zero-order valence-electron chi connectivity index (χ0n) is 14.8. The smallest absolute Gasteiger partial charge is 0.247 e. The predicted octanol–water partition coefficient (Wildman–Crippen LogP) is 2.91. The molecule has 1 fully saturated rings. The van der Waals surface area contributed by atoms with Crippen LogP contribution in [0, 0.1) is 6.92 Å². The third-order valence-corrected chi connectivity index (χ3v) is 5.09. The number of halogens is 1. The number of carbonyl (C=O) groups is 1. The average molecular weight is 359 g/mol. The highest BCUT2D eigenvalue weighted by Crippen LogP contribution is 2.26. The van der Waals surface area contributed by atoms with E-state index < -0.39 is 0 Å². The number of rotatable bonds is 3. The maximum Gasteiger partial charge on any atom is 0.247 e. The molecule has 0 spiro atoms. The van der Waals surface area contributed by atoms with Crippen LogP contribution in [0.3, 0.4) is 0 Å². The van der Waals surface area contributed by atoms with Gasteiger partial charge >= 0.3 is 0 Å². The molecule has 1 aliphatic heterocycles. The molecule has 0 aliphatic carbocycles. The fourth-order valence-electron chi connectivity index (χ4n) is 3.23. The van der Waals surface area contributed by atoms with Crippen LogP contribution < -0.4 is 0 Å². The summed E-state index contributed by atoms with van der Waals surface area (Å²) in [5.41, 5.74) is 2.77. The molecule has 1 aliphatic rings. The summed E-state index contributed by atoms with van der Waals surface area (Å²) < 4.78 is 1.61. The normalized spacial score (nSPS) is 18.9. The van der Waals surface area contributed by atoms with E-state index in [1.807, 2.05) is 30.0 Å². The topological polar surface area (TPSA) is 41.4 Å². The molecular weight excluding hydrogens is 336 g/mol. The fraction of sp³-hybridized carbons (Fsp3) is 0.368. The van der Waals surface area contributed by atoms with Gasteiger partial charge in [-0.3, -0.25) is 9.48 Å². The van der Waals surface area contributed by atoms with Crippen LogP contribution in [0.15, 0.2) is 36.4 Å². The van der Waals surface area contributed by atoms with Gasteiger partial charge in [0.2, 0.25) is 5.91 Å². The number of piperazine rings is 1. The lowest BCUT2D eigenvalue weighted by Crippen LogP contribution is -2.48. The Bertz CT molecular complexity index is 784. The van der Waals surface area contributed by atoms with Crippen LogP contribution in [0.4, 0.5) is 0 Å². The lowest BCUT2D eigenvalue weighted by atomic mass is 10.0. The molecule has 2 heterocycles. The minimum absolute atomic E-state index is 0.00118. The van der Waals surface area contributed by atoms with Crippen molar-refractivity contribution in [2.24, 2.45) is 7.05 Å². The van der Waals surface area contributed by atoms with E-state index in [1.165, 1.54) is 0 Å². The number of hydrogen-bond donors (Lipinski definition) is 0. The number of carbonyl (C=O) groups excluding carboxylic acids is 1. The molecule has 1 unspecified atom stereocenters. The van der Waals surface area contributed by atoms with E-state index in [-0.39, 0.29) is 11.9 Å². The monoisotopic (exact) mass is 358 g/mol. The van der Waals surface area contributed by atoms with Gasteiger partial charge in [-0.2, -0.15) is 5.10 Å². The van der Waals surface area contributed by atoms with Gasteiger partial charge in [-0.1, -0.05) is 41.9 Å². The number of nitrogens with zero attached hydrogens (tertiary/aromatic N) is 4. The summed E-state index contributed by atoms with van der Waals surface area (Å²) in [5.74, 6) is 0.00118. The van der Waals surface area contributed by atoms with Gasteiger partial charge in [0.15, 0.2) is 0 Å². The van der Waals surface area contributed by atoms with Crippen molar-refractivity contribution in [1.82, 2.24) is 19.6 Å². The zero-order valence-corrected chi connectivity index (χ0v) is 15.6. The first-order valence-electron chi connectivity index (χ1n) is 8.38. The predicted molar refractivity (Wildman–Crippen MR) is 100 cm³/mol. The summed E-state index contributed by atoms with van der Waals surface area (Å²) in [6.07, 6.45) is 3.38. The second-order valence-electron chi connectivity index (χ2n) is 6.47. The molecule has 3 rings (SSSR count). The maximum atomic E-state index is 12.8. The van der Waals surface area contributed by atoms with Crippen LogP contribution in [0.5, 0.6) is 0 Å². The van der Waals surface area contributed by atoms with Crippen LogP contribution in [0.25, 0.3) is 6.08 Å². The minimum atomic E-state index is 0.00118. The molecule has 132 valence electrons. The second kappa shape index (κ2) is 7.42. The molecule has 6 heteroatoms. The van der Waals surface area contributed by atoms with Crippen molar-refractivity contribution >= 4 is 23.6 Å². The first-order chi connectivity index (χ1) is 12.0. The highest BCUT2D eigenvalue weighted by Gasteiger charge is 2.29. The Hall–Kier alpha value is -2.11. The Morgan fingerprint density at radius 1 is 1.24 bits per heavy atom. The van der Waals surface area contributed by atoms with Crippen molar-refractivity contribution in [2.75, 3.05) is 26.7 Å². The molecule has 0 N–H and O–H groups in total. The number of hydrogen-bond acceptors (Lipinski definition) is 3. The van der Waals surface area contributed by atoms with Gasteiger partial charge in [-0.25, -0.2) is 0 Å². The summed E-state index contributed by atoms with van der Waals surface area (Å²) in [7, 11) is 3.88. The quantitative estimate of drug-likeness (QED) is 0.792. The summed E-state index contributed by atoms with van der Waals surface area (Å²) in [6.45, 7) is 4.30. The Morgan fingerprint density at radius 2 is 1.96 bits per heavy atom. The average Bonchev–Trinajstić information content (AvgIpc) is 2.85. The second-order valence-corrected chi connectivity index (χ2v) is 6.83. The molecule has 1 amide bonds. The number of aryl methyl sites for hydroxylation is 2. The molecule has 25 heavy (non-hydrogen) atoms. The van der Waals surface area contributed by atoms with Gasteiger partial charge in [0.25, 0.3) is 0 Å². The fourth-order valence-corrected chi connectivity index (χ4v) is 3.47. The Balaban J connectivity index is 1.83. The van der Waals surface area contributed by atoms with Crippen molar-refractivity contribution < 1.29 is 4.79 Å². The molecule has 1 aromatic heterocycles. The van der Waals surface area contributed by atoms with Crippen LogP contribution in [0.2, 0.25) is 5.15 Å².